The fourth-order valence-corrected chi connectivity index (χ4v) is 6.52. The van der Waals surface area contributed by atoms with E-state index in [1.165, 1.54) is 57.8 Å². The van der Waals surface area contributed by atoms with Crippen molar-refractivity contribution in [3.8, 4) is 0 Å². The topological polar surface area (TPSA) is 0 Å². The molecule has 0 aromatic carbocycles. The summed E-state index contributed by atoms with van der Waals surface area (Å²) >= 11 is 0. The molecule has 158 valence electrons. The first-order chi connectivity index (χ1) is 13.3. The summed E-state index contributed by atoms with van der Waals surface area (Å²) in [4.78, 5) is 0. The van der Waals surface area contributed by atoms with E-state index < -0.39 is 0 Å². The molecule has 3 fully saturated rings. The molecule has 3 aliphatic rings. The third kappa shape index (κ3) is 4.68. The van der Waals surface area contributed by atoms with Gasteiger partial charge in [0.2, 0.25) is 0 Å². The lowest BCUT2D eigenvalue weighted by Crippen LogP contribution is -2.35. The van der Waals surface area contributed by atoms with Crippen LogP contribution in [0, 0.1) is 40.9 Å². The van der Waals surface area contributed by atoms with Gasteiger partial charge < -0.3 is 0 Å². The SMILES string of the molecule is CC1CCCC/C1=C/C=C1\CCCC2(C)C1CCC2C(C)/C=C/C(C)C(C)C. The van der Waals surface area contributed by atoms with E-state index in [1.807, 2.05) is 0 Å². The highest BCUT2D eigenvalue weighted by Gasteiger charge is 2.50. The van der Waals surface area contributed by atoms with E-state index in [4.69, 9.17) is 0 Å². The molecular formula is C28H46. The first-order valence-electron chi connectivity index (χ1n) is 12.4. The zero-order valence-corrected chi connectivity index (χ0v) is 19.6. The van der Waals surface area contributed by atoms with Crippen molar-refractivity contribution in [3.05, 3.63) is 35.5 Å². The first-order valence-corrected chi connectivity index (χ1v) is 12.4. The van der Waals surface area contributed by atoms with Crippen molar-refractivity contribution in [2.45, 2.75) is 99.3 Å². The van der Waals surface area contributed by atoms with Gasteiger partial charge in [-0.2, -0.15) is 0 Å². The van der Waals surface area contributed by atoms with Crippen LogP contribution in [0.2, 0.25) is 0 Å². The molecule has 0 radical (unpaired) electrons. The Morgan fingerprint density at radius 1 is 0.857 bits per heavy atom. The summed E-state index contributed by atoms with van der Waals surface area (Å²) in [6, 6.07) is 0. The van der Waals surface area contributed by atoms with Gasteiger partial charge in [0.15, 0.2) is 0 Å². The summed E-state index contributed by atoms with van der Waals surface area (Å²) in [5, 5.41) is 0. The summed E-state index contributed by atoms with van der Waals surface area (Å²) < 4.78 is 0. The van der Waals surface area contributed by atoms with Gasteiger partial charge in [-0.1, -0.05) is 83.4 Å². The van der Waals surface area contributed by atoms with Crippen LogP contribution in [0.1, 0.15) is 99.3 Å². The number of fused-ring (bicyclic) bond motifs is 1. The molecule has 6 atom stereocenters. The number of rotatable bonds is 5. The van der Waals surface area contributed by atoms with Crippen LogP contribution >= 0.6 is 0 Å². The molecule has 0 heterocycles. The minimum absolute atomic E-state index is 0.519. The lowest BCUT2D eigenvalue weighted by Gasteiger charge is -2.44. The predicted octanol–water partition coefficient (Wildman–Crippen LogP) is 8.75. The van der Waals surface area contributed by atoms with E-state index in [0.717, 1.165) is 23.7 Å². The largest absolute Gasteiger partial charge is 0.0852 e. The van der Waals surface area contributed by atoms with Crippen LogP contribution in [0.5, 0.6) is 0 Å². The zero-order valence-electron chi connectivity index (χ0n) is 19.6. The monoisotopic (exact) mass is 382 g/mol. The molecule has 0 amide bonds. The number of hydrogen-bond acceptors (Lipinski definition) is 0. The van der Waals surface area contributed by atoms with E-state index in [9.17, 15) is 0 Å². The van der Waals surface area contributed by atoms with Crippen LogP contribution in [0.25, 0.3) is 0 Å². The Hall–Kier alpha value is -0.780. The van der Waals surface area contributed by atoms with Crippen molar-refractivity contribution in [1.29, 1.82) is 0 Å². The second kappa shape index (κ2) is 9.36. The molecule has 3 aliphatic carbocycles. The zero-order chi connectivity index (χ0) is 20.3. The Labute approximate surface area is 176 Å². The van der Waals surface area contributed by atoms with E-state index in [2.05, 4.69) is 65.8 Å². The van der Waals surface area contributed by atoms with Gasteiger partial charge in [0, 0.05) is 0 Å². The van der Waals surface area contributed by atoms with Crippen LogP contribution < -0.4 is 0 Å². The Balaban J connectivity index is 1.73. The van der Waals surface area contributed by atoms with E-state index in [1.54, 1.807) is 11.1 Å². The Morgan fingerprint density at radius 2 is 1.57 bits per heavy atom. The van der Waals surface area contributed by atoms with Gasteiger partial charge in [-0.25, -0.2) is 0 Å². The van der Waals surface area contributed by atoms with Crippen LogP contribution in [0.4, 0.5) is 0 Å². The van der Waals surface area contributed by atoms with Crippen LogP contribution in [0.3, 0.4) is 0 Å². The molecule has 0 nitrogen and oxygen atoms in total. The van der Waals surface area contributed by atoms with Crippen LogP contribution in [-0.2, 0) is 0 Å². The first kappa shape index (κ1) is 21.9. The standard InChI is InChI=1S/C28H46/c1-20(2)21(3)13-14-23(5)26-17-18-27-25(12-9-19-28(26,27)6)16-15-24-11-8-7-10-22(24)4/h13-16,20-23,26-27H,7-12,17-19H2,1-6H3/b14-13+,24-15-,25-16+. The molecule has 3 saturated carbocycles. The van der Waals surface area contributed by atoms with Crippen LogP contribution in [0.15, 0.2) is 35.5 Å². The second-order valence-corrected chi connectivity index (χ2v) is 11.1. The maximum Gasteiger partial charge on any atom is -0.0143 e. The third-order valence-corrected chi connectivity index (χ3v) is 8.94. The highest BCUT2D eigenvalue weighted by atomic mass is 14.5. The van der Waals surface area contributed by atoms with Gasteiger partial charge in [-0.3, -0.25) is 0 Å². The normalized spacial score (nSPS) is 39.0. The molecule has 0 bridgehead atoms. The van der Waals surface area contributed by atoms with Gasteiger partial charge in [0.25, 0.3) is 0 Å². The molecule has 0 spiro atoms. The van der Waals surface area contributed by atoms with E-state index in [-0.39, 0.29) is 0 Å². The van der Waals surface area contributed by atoms with Crippen LogP contribution in [-0.4, -0.2) is 0 Å². The fraction of sp³-hybridized carbons (Fsp3) is 0.786. The fourth-order valence-electron chi connectivity index (χ4n) is 6.52. The molecule has 0 heteroatoms. The minimum Gasteiger partial charge on any atom is -0.0852 e. The Bertz CT molecular complexity index is 604. The van der Waals surface area contributed by atoms with Crippen molar-refractivity contribution >= 4 is 0 Å². The van der Waals surface area contributed by atoms with Gasteiger partial charge in [0.1, 0.15) is 0 Å². The average molecular weight is 383 g/mol. The van der Waals surface area contributed by atoms with Crippen molar-refractivity contribution < 1.29 is 0 Å². The quantitative estimate of drug-likeness (QED) is 0.417. The summed E-state index contributed by atoms with van der Waals surface area (Å²) in [6.07, 6.45) is 22.8. The summed E-state index contributed by atoms with van der Waals surface area (Å²) in [5.74, 6) is 4.66. The molecule has 0 N–H and O–H groups in total. The second-order valence-electron chi connectivity index (χ2n) is 11.1. The Morgan fingerprint density at radius 3 is 2.29 bits per heavy atom. The number of allylic oxidation sites excluding steroid dienone is 6. The number of hydrogen-bond donors (Lipinski definition) is 0. The molecule has 6 unspecified atom stereocenters. The minimum atomic E-state index is 0.519. The summed E-state index contributed by atoms with van der Waals surface area (Å²) in [5.41, 5.74) is 4.03. The molecule has 0 saturated heterocycles. The lowest BCUT2D eigenvalue weighted by atomic mass is 9.61. The molecule has 0 aromatic heterocycles. The maximum absolute atomic E-state index is 2.63. The summed E-state index contributed by atoms with van der Waals surface area (Å²) in [7, 11) is 0. The van der Waals surface area contributed by atoms with Gasteiger partial charge in [0.05, 0.1) is 0 Å². The highest BCUT2D eigenvalue weighted by Crippen LogP contribution is 2.59. The van der Waals surface area contributed by atoms with Crippen molar-refractivity contribution in [2.75, 3.05) is 0 Å². The maximum atomic E-state index is 2.63. The average Bonchev–Trinajstić information content (AvgIpc) is 3.02. The molecule has 0 aliphatic heterocycles. The van der Waals surface area contributed by atoms with Gasteiger partial charge >= 0.3 is 0 Å². The van der Waals surface area contributed by atoms with Crippen molar-refractivity contribution in [2.24, 2.45) is 40.9 Å². The van der Waals surface area contributed by atoms with Crippen molar-refractivity contribution in [3.63, 3.8) is 0 Å². The van der Waals surface area contributed by atoms with Crippen molar-refractivity contribution in [1.82, 2.24) is 0 Å². The predicted molar refractivity (Wildman–Crippen MR) is 124 cm³/mol. The van der Waals surface area contributed by atoms with E-state index >= 15 is 0 Å². The molecule has 0 aromatic rings. The molecular weight excluding hydrogens is 336 g/mol. The Kier molecular flexibility index (Phi) is 7.32. The van der Waals surface area contributed by atoms with Gasteiger partial charge in [-0.15, -0.1) is 0 Å². The molecule has 3 rings (SSSR count). The summed E-state index contributed by atoms with van der Waals surface area (Å²) in [6.45, 7) is 14.6. The third-order valence-electron chi connectivity index (χ3n) is 8.94. The smallest absolute Gasteiger partial charge is 0.0143 e. The van der Waals surface area contributed by atoms with E-state index in [0.29, 0.717) is 17.3 Å². The lowest BCUT2D eigenvalue weighted by molar-refractivity contribution is 0.112. The molecule has 28 heavy (non-hydrogen) atoms. The highest BCUT2D eigenvalue weighted by molar-refractivity contribution is 5.26. The van der Waals surface area contributed by atoms with Gasteiger partial charge in [-0.05, 0) is 92.3 Å².